The predicted octanol–water partition coefficient (Wildman–Crippen LogP) is 2.53. The number of rotatable bonds is 7. The van der Waals surface area contributed by atoms with Crippen molar-refractivity contribution in [2.24, 2.45) is 0 Å². The second-order valence-corrected chi connectivity index (χ2v) is 5.34. The minimum atomic E-state index is 0.827. The van der Waals surface area contributed by atoms with E-state index in [-0.39, 0.29) is 0 Å². The lowest BCUT2D eigenvalue weighted by atomic mass is 10.2. The summed E-state index contributed by atoms with van der Waals surface area (Å²) >= 11 is 0. The Labute approximate surface area is 127 Å². The number of hydrogen-bond acceptors (Lipinski definition) is 4. The van der Waals surface area contributed by atoms with Gasteiger partial charge in [0.05, 0.1) is 17.1 Å². The highest BCUT2D eigenvalue weighted by Crippen LogP contribution is 2.07. The zero-order valence-electron chi connectivity index (χ0n) is 13.1. The van der Waals surface area contributed by atoms with Crippen LogP contribution in [0.5, 0.6) is 0 Å². The van der Waals surface area contributed by atoms with Crippen LogP contribution in [0.3, 0.4) is 0 Å². The van der Waals surface area contributed by atoms with Gasteiger partial charge in [-0.1, -0.05) is 19.1 Å². The molecule has 0 fully saturated rings. The van der Waals surface area contributed by atoms with Gasteiger partial charge in [0, 0.05) is 25.3 Å². The van der Waals surface area contributed by atoms with E-state index >= 15 is 0 Å². The quantitative estimate of drug-likeness (QED) is 0.848. The van der Waals surface area contributed by atoms with Crippen LogP contribution >= 0.6 is 0 Å². The molecule has 0 aliphatic heterocycles. The van der Waals surface area contributed by atoms with Crippen molar-refractivity contribution in [1.29, 1.82) is 0 Å². The number of aromatic nitrogens is 2. The zero-order valence-corrected chi connectivity index (χ0v) is 13.1. The van der Waals surface area contributed by atoms with Crippen LogP contribution in [0.15, 0.2) is 36.4 Å². The normalized spacial score (nSPS) is 11.0. The van der Waals surface area contributed by atoms with Crippen LogP contribution in [0.4, 0.5) is 0 Å². The summed E-state index contributed by atoms with van der Waals surface area (Å²) in [4.78, 5) is 11.5. The Bertz CT molecular complexity index is 568. The summed E-state index contributed by atoms with van der Waals surface area (Å²) in [5, 5.41) is 3.31. The Kier molecular flexibility index (Phi) is 5.84. The fraction of sp³-hybridized carbons (Fsp3) is 0.412. The first-order chi connectivity index (χ1) is 10.2. The van der Waals surface area contributed by atoms with Crippen LogP contribution in [0, 0.1) is 6.92 Å². The molecule has 0 aromatic carbocycles. The Balaban J connectivity index is 1.94. The molecule has 1 N–H and O–H groups in total. The van der Waals surface area contributed by atoms with E-state index in [1.807, 2.05) is 13.0 Å². The molecule has 2 aromatic rings. The van der Waals surface area contributed by atoms with Crippen molar-refractivity contribution in [1.82, 2.24) is 20.2 Å². The molecule has 4 nitrogen and oxygen atoms in total. The van der Waals surface area contributed by atoms with Gasteiger partial charge in [-0.05, 0) is 44.8 Å². The molecule has 21 heavy (non-hydrogen) atoms. The summed E-state index contributed by atoms with van der Waals surface area (Å²) in [6.07, 6.45) is 0. The molecule has 0 aliphatic carbocycles. The highest BCUT2D eigenvalue weighted by atomic mass is 15.1. The highest BCUT2D eigenvalue weighted by Gasteiger charge is 2.05. The summed E-state index contributed by atoms with van der Waals surface area (Å²) < 4.78 is 0. The molecule has 0 bridgehead atoms. The van der Waals surface area contributed by atoms with Crippen molar-refractivity contribution in [2.75, 3.05) is 13.6 Å². The first-order valence-electron chi connectivity index (χ1n) is 7.44. The molecular weight excluding hydrogens is 260 g/mol. The molecule has 2 heterocycles. The summed E-state index contributed by atoms with van der Waals surface area (Å²) in [6.45, 7) is 7.58. The summed E-state index contributed by atoms with van der Waals surface area (Å²) in [6, 6.07) is 12.4. The minimum absolute atomic E-state index is 0.827. The third-order valence-electron chi connectivity index (χ3n) is 3.23. The molecule has 2 aromatic heterocycles. The minimum Gasteiger partial charge on any atom is -0.311 e. The average molecular weight is 284 g/mol. The predicted molar refractivity (Wildman–Crippen MR) is 85.8 cm³/mol. The van der Waals surface area contributed by atoms with Gasteiger partial charge in [-0.2, -0.15) is 0 Å². The van der Waals surface area contributed by atoms with Crippen molar-refractivity contribution >= 4 is 0 Å². The molecule has 4 heteroatoms. The number of hydrogen-bond donors (Lipinski definition) is 1. The molecule has 0 amide bonds. The van der Waals surface area contributed by atoms with Crippen LogP contribution in [-0.4, -0.2) is 28.5 Å². The molecule has 0 saturated carbocycles. The average Bonchev–Trinajstić information content (AvgIpc) is 2.45. The third-order valence-corrected chi connectivity index (χ3v) is 3.23. The van der Waals surface area contributed by atoms with E-state index in [1.165, 1.54) is 0 Å². The summed E-state index contributed by atoms with van der Waals surface area (Å²) in [7, 11) is 2.10. The molecule has 0 saturated heterocycles. The van der Waals surface area contributed by atoms with E-state index in [0.717, 1.165) is 49.0 Å². The Morgan fingerprint density at radius 3 is 2.24 bits per heavy atom. The second kappa shape index (κ2) is 7.86. The first kappa shape index (κ1) is 15.6. The number of nitrogens with zero attached hydrogens (tertiary/aromatic N) is 3. The van der Waals surface area contributed by atoms with Crippen molar-refractivity contribution < 1.29 is 0 Å². The van der Waals surface area contributed by atoms with Gasteiger partial charge in [0.15, 0.2) is 0 Å². The maximum atomic E-state index is 4.68. The van der Waals surface area contributed by atoms with Gasteiger partial charge < -0.3 is 5.32 Å². The van der Waals surface area contributed by atoms with Crippen LogP contribution in [0.2, 0.25) is 0 Å². The number of pyridine rings is 2. The standard InChI is InChI=1S/C17H24N4/c1-4-18-11-15-8-6-10-17(20-15)13-21(3)12-16-9-5-7-14(2)19-16/h5-10,18H,4,11-13H2,1-3H3. The number of nitrogens with one attached hydrogen (secondary N) is 1. The fourth-order valence-electron chi connectivity index (χ4n) is 2.27. The molecule has 0 spiro atoms. The fourth-order valence-corrected chi connectivity index (χ4v) is 2.27. The topological polar surface area (TPSA) is 41.0 Å². The second-order valence-electron chi connectivity index (χ2n) is 5.34. The van der Waals surface area contributed by atoms with Crippen molar-refractivity contribution in [3.8, 4) is 0 Å². The zero-order chi connectivity index (χ0) is 15.1. The van der Waals surface area contributed by atoms with Gasteiger partial charge in [-0.3, -0.25) is 14.9 Å². The van der Waals surface area contributed by atoms with E-state index in [9.17, 15) is 0 Å². The van der Waals surface area contributed by atoms with Crippen LogP contribution in [-0.2, 0) is 19.6 Å². The maximum Gasteiger partial charge on any atom is 0.0547 e. The lowest BCUT2D eigenvalue weighted by Gasteiger charge is -2.16. The van der Waals surface area contributed by atoms with Gasteiger partial charge in [0.25, 0.3) is 0 Å². The first-order valence-corrected chi connectivity index (χ1v) is 7.44. The van der Waals surface area contributed by atoms with E-state index in [0.29, 0.717) is 0 Å². The maximum absolute atomic E-state index is 4.68. The van der Waals surface area contributed by atoms with E-state index in [2.05, 4.69) is 64.5 Å². The van der Waals surface area contributed by atoms with Gasteiger partial charge in [0.2, 0.25) is 0 Å². The van der Waals surface area contributed by atoms with Crippen molar-refractivity contribution in [3.63, 3.8) is 0 Å². The van der Waals surface area contributed by atoms with Gasteiger partial charge >= 0.3 is 0 Å². The number of aryl methyl sites for hydroxylation is 1. The molecule has 0 aliphatic rings. The lowest BCUT2D eigenvalue weighted by molar-refractivity contribution is 0.310. The molecule has 0 radical (unpaired) electrons. The molecule has 0 unspecified atom stereocenters. The Morgan fingerprint density at radius 1 is 0.952 bits per heavy atom. The van der Waals surface area contributed by atoms with Crippen molar-refractivity contribution in [2.45, 2.75) is 33.5 Å². The van der Waals surface area contributed by atoms with Crippen LogP contribution < -0.4 is 5.32 Å². The molecule has 112 valence electrons. The van der Waals surface area contributed by atoms with E-state index in [1.54, 1.807) is 0 Å². The third kappa shape index (κ3) is 5.25. The van der Waals surface area contributed by atoms with Gasteiger partial charge in [-0.15, -0.1) is 0 Å². The van der Waals surface area contributed by atoms with Gasteiger partial charge in [-0.25, -0.2) is 0 Å². The lowest BCUT2D eigenvalue weighted by Crippen LogP contribution is -2.20. The van der Waals surface area contributed by atoms with Crippen LogP contribution in [0.25, 0.3) is 0 Å². The van der Waals surface area contributed by atoms with E-state index < -0.39 is 0 Å². The largest absolute Gasteiger partial charge is 0.311 e. The SMILES string of the molecule is CCNCc1cccc(CN(C)Cc2cccc(C)n2)n1. The molecular formula is C17H24N4. The summed E-state index contributed by atoms with van der Waals surface area (Å²) in [5.41, 5.74) is 4.35. The Hall–Kier alpha value is -1.78. The van der Waals surface area contributed by atoms with E-state index in [4.69, 9.17) is 0 Å². The van der Waals surface area contributed by atoms with Gasteiger partial charge in [0.1, 0.15) is 0 Å². The van der Waals surface area contributed by atoms with Crippen molar-refractivity contribution in [3.05, 3.63) is 59.2 Å². The smallest absolute Gasteiger partial charge is 0.0547 e. The Morgan fingerprint density at radius 2 is 1.57 bits per heavy atom. The molecule has 0 atom stereocenters. The van der Waals surface area contributed by atoms with Crippen LogP contribution in [0.1, 0.15) is 29.7 Å². The molecule has 2 rings (SSSR count). The highest BCUT2D eigenvalue weighted by molar-refractivity contribution is 5.12. The summed E-state index contributed by atoms with van der Waals surface area (Å²) in [5.74, 6) is 0. The monoisotopic (exact) mass is 284 g/mol.